The Morgan fingerprint density at radius 1 is 0.714 bits per heavy atom. The summed E-state index contributed by atoms with van der Waals surface area (Å²) in [5.41, 5.74) is 2.42. The molecule has 2 nitrogen and oxygen atoms in total. The van der Waals surface area contributed by atoms with Crippen LogP contribution in [0.4, 0.5) is 0 Å². The van der Waals surface area contributed by atoms with Gasteiger partial charge in [-0.2, -0.15) is 60.7 Å². The topological polar surface area (TPSA) is 18.5 Å². The van der Waals surface area contributed by atoms with E-state index in [0.29, 0.717) is 13.2 Å². The van der Waals surface area contributed by atoms with Gasteiger partial charge in [-0.05, 0) is 13.8 Å². The van der Waals surface area contributed by atoms with Crippen molar-refractivity contribution in [3.05, 3.63) is 71.8 Å². The first kappa shape index (κ1) is 20.5. The van der Waals surface area contributed by atoms with Crippen molar-refractivity contribution in [1.29, 1.82) is 0 Å². The summed E-state index contributed by atoms with van der Waals surface area (Å²) in [4.78, 5) is 0. The van der Waals surface area contributed by atoms with Crippen LogP contribution in [-0.2, 0) is 55.4 Å². The van der Waals surface area contributed by atoms with Crippen molar-refractivity contribution in [2.75, 3.05) is 13.2 Å². The third-order valence-electron chi connectivity index (χ3n) is 2.52. The summed E-state index contributed by atoms with van der Waals surface area (Å²) in [5, 5.41) is 0. The molecule has 108 valence electrons. The van der Waals surface area contributed by atoms with Gasteiger partial charge in [0, 0.05) is 26.4 Å². The molecule has 0 amide bonds. The standard InChI is InChI=1S/2C9H11O.Y/c2*1-2-10-8-9-6-4-3-5-7-9;/h2*4-7H,2,8H2,1H3;/q2*-1;+3. The summed E-state index contributed by atoms with van der Waals surface area (Å²) in [6, 6.07) is 21.5. The molecule has 0 unspecified atom stereocenters. The third kappa shape index (κ3) is 10.8. The van der Waals surface area contributed by atoms with Gasteiger partial charge in [-0.15, -0.1) is 11.1 Å². The largest absolute Gasteiger partial charge is 3.00 e. The van der Waals surface area contributed by atoms with Crippen molar-refractivity contribution >= 4 is 0 Å². The van der Waals surface area contributed by atoms with Gasteiger partial charge in [-0.3, -0.25) is 0 Å². The first-order chi connectivity index (χ1) is 9.86. The average molecular weight is 359 g/mol. The first-order valence-electron chi connectivity index (χ1n) is 6.92. The van der Waals surface area contributed by atoms with Crippen molar-refractivity contribution in [2.24, 2.45) is 0 Å². The zero-order valence-electron chi connectivity index (χ0n) is 12.8. The Labute approximate surface area is 153 Å². The Balaban J connectivity index is 0.000000364. The second-order valence-electron chi connectivity index (χ2n) is 4.09. The summed E-state index contributed by atoms with van der Waals surface area (Å²) < 4.78 is 10.4. The van der Waals surface area contributed by atoms with Gasteiger partial charge in [0.05, 0.1) is 0 Å². The molecular weight excluding hydrogens is 337 g/mol. The molecule has 0 aromatic heterocycles. The van der Waals surface area contributed by atoms with Gasteiger partial charge in [0.2, 0.25) is 0 Å². The van der Waals surface area contributed by atoms with Crippen molar-refractivity contribution in [1.82, 2.24) is 0 Å². The van der Waals surface area contributed by atoms with Gasteiger partial charge in [-0.1, -0.05) is 0 Å². The van der Waals surface area contributed by atoms with Crippen molar-refractivity contribution in [3.63, 3.8) is 0 Å². The second kappa shape index (κ2) is 14.4. The monoisotopic (exact) mass is 359 g/mol. The predicted molar refractivity (Wildman–Crippen MR) is 81.2 cm³/mol. The fraction of sp³-hybridized carbons (Fsp3) is 0.333. The smallest absolute Gasteiger partial charge is 0.379 e. The number of hydrogen-bond acceptors (Lipinski definition) is 2. The minimum Gasteiger partial charge on any atom is -0.379 e. The van der Waals surface area contributed by atoms with E-state index in [-0.39, 0.29) is 32.7 Å². The number of rotatable bonds is 6. The maximum atomic E-state index is 5.21. The Hall–Kier alpha value is -0.536. The summed E-state index contributed by atoms with van der Waals surface area (Å²) in [7, 11) is 0. The molecule has 0 radical (unpaired) electrons. The summed E-state index contributed by atoms with van der Waals surface area (Å²) in [6.45, 7) is 6.97. The Bertz CT molecular complexity index is 388. The van der Waals surface area contributed by atoms with Crippen LogP contribution in [-0.4, -0.2) is 13.2 Å². The van der Waals surface area contributed by atoms with Gasteiger partial charge < -0.3 is 9.47 Å². The van der Waals surface area contributed by atoms with E-state index >= 15 is 0 Å². The molecule has 0 heterocycles. The van der Waals surface area contributed by atoms with Gasteiger partial charge in [0.1, 0.15) is 0 Å². The maximum absolute atomic E-state index is 5.21. The van der Waals surface area contributed by atoms with Crippen LogP contribution in [0.1, 0.15) is 25.0 Å². The van der Waals surface area contributed by atoms with E-state index in [1.165, 1.54) is 11.1 Å². The van der Waals surface area contributed by atoms with Crippen LogP contribution in [0.3, 0.4) is 0 Å². The van der Waals surface area contributed by atoms with Crippen LogP contribution in [0, 0.1) is 12.1 Å². The average Bonchev–Trinajstić information content (AvgIpc) is 2.53. The van der Waals surface area contributed by atoms with Crippen LogP contribution < -0.4 is 0 Å². The summed E-state index contributed by atoms with van der Waals surface area (Å²) >= 11 is 0. The molecule has 2 rings (SSSR count). The first-order valence-corrected chi connectivity index (χ1v) is 6.92. The molecule has 0 saturated heterocycles. The maximum Gasteiger partial charge on any atom is 3.00 e. The van der Waals surface area contributed by atoms with Gasteiger partial charge in [-0.25, -0.2) is 0 Å². The van der Waals surface area contributed by atoms with E-state index in [0.717, 1.165) is 13.2 Å². The van der Waals surface area contributed by atoms with Crippen LogP contribution in [0.2, 0.25) is 0 Å². The molecule has 2 aromatic carbocycles. The van der Waals surface area contributed by atoms with Crippen LogP contribution >= 0.6 is 0 Å². The zero-order valence-corrected chi connectivity index (χ0v) is 15.7. The zero-order chi connectivity index (χ0) is 14.5. The molecule has 0 fully saturated rings. The van der Waals surface area contributed by atoms with E-state index in [1.54, 1.807) is 0 Å². The summed E-state index contributed by atoms with van der Waals surface area (Å²) in [6.07, 6.45) is 0. The van der Waals surface area contributed by atoms with Crippen LogP contribution in [0.15, 0.2) is 48.5 Å². The van der Waals surface area contributed by atoms with Gasteiger partial charge >= 0.3 is 32.7 Å². The van der Waals surface area contributed by atoms with E-state index in [2.05, 4.69) is 12.1 Å². The number of ether oxygens (including phenoxy) is 2. The second-order valence-corrected chi connectivity index (χ2v) is 4.09. The van der Waals surface area contributed by atoms with E-state index in [1.807, 2.05) is 62.4 Å². The number of hydrogen-bond donors (Lipinski definition) is 0. The van der Waals surface area contributed by atoms with Crippen molar-refractivity contribution in [3.8, 4) is 0 Å². The third-order valence-corrected chi connectivity index (χ3v) is 2.52. The number of benzene rings is 2. The van der Waals surface area contributed by atoms with Crippen molar-refractivity contribution in [2.45, 2.75) is 27.1 Å². The molecule has 0 bridgehead atoms. The molecule has 0 N–H and O–H groups in total. The summed E-state index contributed by atoms with van der Waals surface area (Å²) in [5.74, 6) is 0. The molecule has 2 aromatic rings. The van der Waals surface area contributed by atoms with Gasteiger partial charge in [0.25, 0.3) is 0 Å². The molecular formula is C18H22O2Y+. The molecule has 0 aliphatic carbocycles. The van der Waals surface area contributed by atoms with Crippen molar-refractivity contribution < 1.29 is 42.2 Å². The fourth-order valence-corrected chi connectivity index (χ4v) is 1.48. The molecule has 0 aliphatic heterocycles. The van der Waals surface area contributed by atoms with E-state index in [9.17, 15) is 0 Å². The van der Waals surface area contributed by atoms with E-state index in [4.69, 9.17) is 9.47 Å². The van der Waals surface area contributed by atoms with Gasteiger partial charge in [0.15, 0.2) is 0 Å². The molecule has 21 heavy (non-hydrogen) atoms. The molecule has 3 heteroatoms. The van der Waals surface area contributed by atoms with E-state index < -0.39 is 0 Å². The SMILES string of the molecule is CCOCc1cc[c-]cc1.CCOCc1cc[c-]cc1.[Y+3]. The Morgan fingerprint density at radius 2 is 1.05 bits per heavy atom. The molecule has 0 spiro atoms. The molecule has 0 atom stereocenters. The Kier molecular flexibility index (Phi) is 14.0. The molecule has 0 aliphatic rings. The minimum absolute atomic E-state index is 0. The normalized spacial score (nSPS) is 9.24. The molecule has 0 saturated carbocycles. The predicted octanol–water partition coefficient (Wildman–Crippen LogP) is 4.04. The minimum atomic E-state index is 0. The Morgan fingerprint density at radius 3 is 1.33 bits per heavy atom. The van der Waals surface area contributed by atoms with Crippen LogP contribution in [0.5, 0.6) is 0 Å². The fourth-order valence-electron chi connectivity index (χ4n) is 1.48. The van der Waals surface area contributed by atoms with Crippen LogP contribution in [0.25, 0.3) is 0 Å². The quantitative estimate of drug-likeness (QED) is 0.725.